The number of carbonyl (C=O) groups is 3. The van der Waals surface area contributed by atoms with E-state index in [0.717, 1.165) is 5.56 Å². The second-order valence-corrected chi connectivity index (χ2v) is 7.03. The Kier molecular flexibility index (Phi) is 4.87. The van der Waals surface area contributed by atoms with Crippen LogP contribution in [-0.4, -0.2) is 45.3 Å². The van der Waals surface area contributed by atoms with E-state index in [2.05, 4.69) is 0 Å². The van der Waals surface area contributed by atoms with Gasteiger partial charge in [0, 0.05) is 42.8 Å². The molecule has 1 aliphatic heterocycles. The number of carboxylic acid groups (broad SMARTS) is 1. The molecule has 1 aromatic carbocycles. The number of halogens is 1. The summed E-state index contributed by atoms with van der Waals surface area (Å²) >= 11 is 5.91. The van der Waals surface area contributed by atoms with Crippen LogP contribution in [0, 0.1) is 5.92 Å². The molecule has 3 rings (SSSR count). The Morgan fingerprint density at radius 3 is 2.35 bits per heavy atom. The number of nitrogens with zero attached hydrogens (tertiary/aromatic N) is 2. The van der Waals surface area contributed by atoms with Gasteiger partial charge in [-0.25, -0.2) is 0 Å². The van der Waals surface area contributed by atoms with Crippen LogP contribution < -0.4 is 0 Å². The number of amides is 1. The maximum absolute atomic E-state index is 12.9. The zero-order valence-electron chi connectivity index (χ0n) is 14.5. The van der Waals surface area contributed by atoms with Crippen molar-refractivity contribution in [2.24, 2.45) is 13.0 Å². The first-order chi connectivity index (χ1) is 12.3. The molecule has 0 spiro atoms. The fourth-order valence-corrected chi connectivity index (χ4v) is 3.53. The zero-order chi connectivity index (χ0) is 19.0. The molecule has 1 amide bonds. The molecule has 1 N–H and O–H groups in total. The molecule has 0 aliphatic carbocycles. The van der Waals surface area contributed by atoms with E-state index in [1.165, 1.54) is 11.8 Å². The summed E-state index contributed by atoms with van der Waals surface area (Å²) in [4.78, 5) is 37.7. The number of hydrogen-bond donors (Lipinski definition) is 1. The summed E-state index contributed by atoms with van der Waals surface area (Å²) in [6.07, 6.45) is 1.61. The number of likely N-dealkylation sites (tertiary alicyclic amines) is 1. The molecule has 0 bridgehead atoms. The van der Waals surface area contributed by atoms with Gasteiger partial charge in [0.2, 0.25) is 0 Å². The van der Waals surface area contributed by atoms with Crippen molar-refractivity contribution in [2.75, 3.05) is 13.1 Å². The summed E-state index contributed by atoms with van der Waals surface area (Å²) in [5, 5.41) is 10.2. The Hall–Kier alpha value is -2.60. The van der Waals surface area contributed by atoms with Gasteiger partial charge in [0.05, 0.1) is 5.92 Å². The van der Waals surface area contributed by atoms with Crippen molar-refractivity contribution in [1.29, 1.82) is 0 Å². The van der Waals surface area contributed by atoms with Crippen LogP contribution in [0.25, 0.3) is 0 Å². The van der Waals surface area contributed by atoms with E-state index < -0.39 is 11.9 Å². The molecule has 136 valence electrons. The minimum Gasteiger partial charge on any atom is -0.481 e. The minimum atomic E-state index is -0.934. The molecule has 1 saturated heterocycles. The number of carboxylic acids is 1. The van der Waals surface area contributed by atoms with E-state index in [0.29, 0.717) is 22.8 Å². The van der Waals surface area contributed by atoms with Gasteiger partial charge in [-0.2, -0.15) is 0 Å². The zero-order valence-corrected chi connectivity index (χ0v) is 15.2. The van der Waals surface area contributed by atoms with Crippen LogP contribution in [0.1, 0.15) is 39.3 Å². The summed E-state index contributed by atoms with van der Waals surface area (Å²) in [6.45, 7) is 1.87. The van der Waals surface area contributed by atoms with Crippen LogP contribution in [0.4, 0.5) is 0 Å². The topological polar surface area (TPSA) is 79.6 Å². The SMILES string of the molecule is CC(=O)c1cc(C(=O)N2C[C@@H](C(=O)O)[C@H](c3ccc(Cl)cc3)C2)n(C)c1. The van der Waals surface area contributed by atoms with Gasteiger partial charge in [-0.15, -0.1) is 0 Å². The van der Waals surface area contributed by atoms with Crippen LogP contribution in [0.3, 0.4) is 0 Å². The molecule has 0 unspecified atom stereocenters. The standard InChI is InChI=1S/C19H19ClN2O4/c1-11(23)13-7-17(21(2)8-13)18(24)22-9-15(16(10-22)19(25)26)12-3-5-14(20)6-4-12/h3-8,15-16H,9-10H2,1-2H3,(H,25,26)/t15-,16+/m0/s1. The fourth-order valence-electron chi connectivity index (χ4n) is 3.40. The first-order valence-corrected chi connectivity index (χ1v) is 8.60. The number of aryl methyl sites for hydroxylation is 1. The van der Waals surface area contributed by atoms with E-state index in [4.69, 9.17) is 11.6 Å². The number of Topliss-reactive ketones (excluding diaryl/α,β-unsaturated/α-hetero) is 1. The first kappa shape index (κ1) is 18.2. The Labute approximate surface area is 156 Å². The van der Waals surface area contributed by atoms with Gasteiger partial charge in [-0.3, -0.25) is 14.4 Å². The van der Waals surface area contributed by atoms with Crippen LogP contribution in [-0.2, 0) is 11.8 Å². The van der Waals surface area contributed by atoms with E-state index in [1.807, 2.05) is 0 Å². The molecule has 2 aromatic rings. The van der Waals surface area contributed by atoms with Crippen molar-refractivity contribution >= 4 is 29.3 Å². The third-order valence-electron chi connectivity index (χ3n) is 4.85. The van der Waals surface area contributed by atoms with Crippen molar-refractivity contribution in [1.82, 2.24) is 9.47 Å². The average molecular weight is 375 g/mol. The van der Waals surface area contributed by atoms with Gasteiger partial charge in [-0.05, 0) is 30.7 Å². The number of benzene rings is 1. The number of rotatable bonds is 4. The van der Waals surface area contributed by atoms with Gasteiger partial charge in [0.15, 0.2) is 5.78 Å². The first-order valence-electron chi connectivity index (χ1n) is 8.22. The Morgan fingerprint density at radius 2 is 1.81 bits per heavy atom. The molecule has 1 fully saturated rings. The minimum absolute atomic E-state index is 0.122. The normalized spacial score (nSPS) is 19.6. The third-order valence-corrected chi connectivity index (χ3v) is 5.11. The predicted molar refractivity (Wildman–Crippen MR) is 96.6 cm³/mol. The second kappa shape index (κ2) is 6.96. The molecule has 0 saturated carbocycles. The van der Waals surface area contributed by atoms with Crippen LogP contribution >= 0.6 is 11.6 Å². The lowest BCUT2D eigenvalue weighted by Gasteiger charge is -2.17. The summed E-state index contributed by atoms with van der Waals surface area (Å²) in [5.41, 5.74) is 1.67. The van der Waals surface area contributed by atoms with E-state index in [1.54, 1.807) is 48.1 Å². The lowest BCUT2D eigenvalue weighted by Crippen LogP contribution is -2.31. The molecule has 1 aromatic heterocycles. The Morgan fingerprint density at radius 1 is 1.15 bits per heavy atom. The summed E-state index contributed by atoms with van der Waals surface area (Å²) < 4.78 is 1.60. The van der Waals surface area contributed by atoms with Crippen LogP contribution in [0.5, 0.6) is 0 Å². The van der Waals surface area contributed by atoms with E-state index in [9.17, 15) is 19.5 Å². The summed E-state index contributed by atoms with van der Waals surface area (Å²) in [7, 11) is 1.70. The molecule has 2 atom stereocenters. The molecule has 26 heavy (non-hydrogen) atoms. The summed E-state index contributed by atoms with van der Waals surface area (Å²) in [5.74, 6) is -2.32. The van der Waals surface area contributed by atoms with Crippen molar-refractivity contribution < 1.29 is 19.5 Å². The highest BCUT2D eigenvalue weighted by atomic mass is 35.5. The average Bonchev–Trinajstić information content (AvgIpc) is 3.19. The molecule has 2 heterocycles. The van der Waals surface area contributed by atoms with Crippen molar-refractivity contribution in [2.45, 2.75) is 12.8 Å². The Bertz CT molecular complexity index is 872. The van der Waals surface area contributed by atoms with Gasteiger partial charge < -0.3 is 14.6 Å². The lowest BCUT2D eigenvalue weighted by molar-refractivity contribution is -0.141. The van der Waals surface area contributed by atoms with Gasteiger partial charge in [0.25, 0.3) is 5.91 Å². The maximum atomic E-state index is 12.9. The predicted octanol–water partition coefficient (Wildman–Crippen LogP) is 2.82. The van der Waals surface area contributed by atoms with Gasteiger partial charge in [0.1, 0.15) is 5.69 Å². The highest BCUT2D eigenvalue weighted by molar-refractivity contribution is 6.30. The number of carbonyl (C=O) groups excluding carboxylic acids is 2. The van der Waals surface area contributed by atoms with E-state index >= 15 is 0 Å². The van der Waals surface area contributed by atoms with Gasteiger partial charge in [-0.1, -0.05) is 23.7 Å². The largest absolute Gasteiger partial charge is 0.481 e. The highest BCUT2D eigenvalue weighted by Crippen LogP contribution is 2.34. The molecule has 0 radical (unpaired) electrons. The number of aromatic nitrogens is 1. The summed E-state index contributed by atoms with van der Waals surface area (Å²) in [6, 6.07) is 8.59. The number of aliphatic carboxylic acids is 1. The van der Waals surface area contributed by atoms with Crippen LogP contribution in [0.2, 0.25) is 5.02 Å². The second-order valence-electron chi connectivity index (χ2n) is 6.59. The molecule has 7 heteroatoms. The fraction of sp³-hybridized carbons (Fsp3) is 0.316. The monoisotopic (exact) mass is 374 g/mol. The molecular formula is C19H19ClN2O4. The molecular weight excluding hydrogens is 356 g/mol. The van der Waals surface area contributed by atoms with Gasteiger partial charge >= 0.3 is 5.97 Å². The number of hydrogen-bond acceptors (Lipinski definition) is 3. The number of ketones is 1. The molecule has 6 nitrogen and oxygen atoms in total. The highest BCUT2D eigenvalue weighted by Gasteiger charge is 2.41. The Balaban J connectivity index is 1.87. The van der Waals surface area contributed by atoms with E-state index in [-0.39, 0.29) is 24.2 Å². The van der Waals surface area contributed by atoms with Crippen LogP contribution in [0.15, 0.2) is 36.5 Å². The van der Waals surface area contributed by atoms with Crippen molar-refractivity contribution in [3.63, 3.8) is 0 Å². The smallest absolute Gasteiger partial charge is 0.308 e. The lowest BCUT2D eigenvalue weighted by atomic mass is 9.89. The third kappa shape index (κ3) is 3.37. The maximum Gasteiger partial charge on any atom is 0.308 e. The quantitative estimate of drug-likeness (QED) is 0.834. The van der Waals surface area contributed by atoms with Crippen molar-refractivity contribution in [3.05, 3.63) is 58.4 Å². The molecule has 1 aliphatic rings. The van der Waals surface area contributed by atoms with Crippen molar-refractivity contribution in [3.8, 4) is 0 Å².